The van der Waals surface area contributed by atoms with Crippen molar-refractivity contribution in [1.29, 1.82) is 0 Å². The van der Waals surface area contributed by atoms with Crippen LogP contribution in [0.1, 0.15) is 44.7 Å². The smallest absolute Gasteiger partial charge is 0.261 e. The monoisotopic (exact) mass is 362 g/mol. The van der Waals surface area contributed by atoms with E-state index in [1.165, 1.54) is 0 Å². The minimum absolute atomic E-state index is 0.0905. The molecular formula is C20H30N2O4. The molecule has 0 saturated carbocycles. The molecule has 0 radical (unpaired) electrons. The van der Waals surface area contributed by atoms with Gasteiger partial charge in [-0.15, -0.1) is 0 Å². The lowest BCUT2D eigenvalue weighted by atomic mass is 10.0. The van der Waals surface area contributed by atoms with Crippen LogP contribution in [0, 0.1) is 6.92 Å². The van der Waals surface area contributed by atoms with Gasteiger partial charge in [0.2, 0.25) is 5.91 Å². The number of aryl methyl sites for hydroxylation is 1. The Morgan fingerprint density at radius 2 is 1.81 bits per heavy atom. The first-order valence-corrected chi connectivity index (χ1v) is 9.23. The Labute approximate surface area is 155 Å². The lowest BCUT2D eigenvalue weighted by Gasteiger charge is -2.30. The average Bonchev–Trinajstić information content (AvgIpc) is 2.61. The van der Waals surface area contributed by atoms with Crippen LogP contribution in [-0.2, 0) is 14.3 Å². The Morgan fingerprint density at radius 3 is 2.42 bits per heavy atom. The van der Waals surface area contributed by atoms with Crippen LogP contribution in [0.25, 0.3) is 0 Å². The molecule has 144 valence electrons. The fraction of sp³-hybridized carbons (Fsp3) is 0.600. The number of rotatable bonds is 6. The Bertz CT molecular complexity index is 639. The van der Waals surface area contributed by atoms with Crippen molar-refractivity contribution in [2.75, 3.05) is 26.3 Å². The molecule has 1 heterocycles. The van der Waals surface area contributed by atoms with Crippen LogP contribution in [0.15, 0.2) is 18.2 Å². The zero-order valence-electron chi connectivity index (χ0n) is 16.4. The molecule has 6 nitrogen and oxygen atoms in total. The topological polar surface area (TPSA) is 67.9 Å². The van der Waals surface area contributed by atoms with Crippen LogP contribution in [0.3, 0.4) is 0 Å². The number of carbonyl (C=O) groups excluding carboxylic acids is 2. The Balaban J connectivity index is 1.97. The molecule has 0 aromatic heterocycles. The van der Waals surface area contributed by atoms with E-state index >= 15 is 0 Å². The van der Waals surface area contributed by atoms with Gasteiger partial charge in [0.05, 0.1) is 13.2 Å². The maximum atomic E-state index is 12.5. The highest BCUT2D eigenvalue weighted by Gasteiger charge is 2.26. The predicted molar refractivity (Wildman–Crippen MR) is 100 cm³/mol. The van der Waals surface area contributed by atoms with E-state index in [0.29, 0.717) is 32.2 Å². The molecule has 1 aliphatic heterocycles. The van der Waals surface area contributed by atoms with Crippen molar-refractivity contribution in [2.45, 2.75) is 52.7 Å². The molecule has 26 heavy (non-hydrogen) atoms. The molecule has 0 spiro atoms. The van der Waals surface area contributed by atoms with Gasteiger partial charge in [0.25, 0.3) is 5.91 Å². The first kappa shape index (κ1) is 20.2. The number of nitrogens with zero attached hydrogens (tertiary/aromatic N) is 1. The van der Waals surface area contributed by atoms with Crippen LogP contribution in [-0.4, -0.2) is 55.2 Å². The SMILES string of the molecule is Cc1ccc(C(C)C)c(OC(C)C(=O)NC(C)C(=O)N2CCOCC2)c1. The molecule has 6 heteroatoms. The first-order valence-electron chi connectivity index (χ1n) is 9.23. The lowest BCUT2D eigenvalue weighted by molar-refractivity contribution is -0.140. The van der Waals surface area contributed by atoms with Crippen molar-refractivity contribution in [3.8, 4) is 5.75 Å². The van der Waals surface area contributed by atoms with Gasteiger partial charge >= 0.3 is 0 Å². The van der Waals surface area contributed by atoms with E-state index in [2.05, 4.69) is 19.2 Å². The molecule has 2 atom stereocenters. The molecule has 0 bridgehead atoms. The van der Waals surface area contributed by atoms with Gasteiger partial charge in [-0.05, 0) is 43.9 Å². The largest absolute Gasteiger partial charge is 0.481 e. The highest BCUT2D eigenvalue weighted by Crippen LogP contribution is 2.28. The van der Waals surface area contributed by atoms with E-state index in [1.807, 2.05) is 25.1 Å². The Morgan fingerprint density at radius 1 is 1.15 bits per heavy atom. The van der Waals surface area contributed by atoms with Crippen molar-refractivity contribution in [3.05, 3.63) is 29.3 Å². The van der Waals surface area contributed by atoms with Crippen LogP contribution in [0.4, 0.5) is 0 Å². The number of ether oxygens (including phenoxy) is 2. The maximum Gasteiger partial charge on any atom is 0.261 e. The highest BCUT2D eigenvalue weighted by atomic mass is 16.5. The van der Waals surface area contributed by atoms with E-state index in [9.17, 15) is 9.59 Å². The third-order valence-electron chi connectivity index (χ3n) is 4.52. The predicted octanol–water partition coefficient (Wildman–Crippen LogP) is 2.25. The summed E-state index contributed by atoms with van der Waals surface area (Å²) >= 11 is 0. The third-order valence-corrected chi connectivity index (χ3v) is 4.52. The van der Waals surface area contributed by atoms with Crippen LogP contribution >= 0.6 is 0 Å². The number of amides is 2. The molecule has 1 aromatic rings. The zero-order valence-corrected chi connectivity index (χ0v) is 16.4. The fourth-order valence-electron chi connectivity index (χ4n) is 2.91. The summed E-state index contributed by atoms with van der Waals surface area (Å²) in [6, 6.07) is 5.43. The number of benzene rings is 1. The second kappa shape index (κ2) is 9.03. The molecule has 1 aromatic carbocycles. The summed E-state index contributed by atoms with van der Waals surface area (Å²) in [5.41, 5.74) is 2.14. The quantitative estimate of drug-likeness (QED) is 0.843. The molecular weight excluding hydrogens is 332 g/mol. The van der Waals surface area contributed by atoms with Crippen molar-refractivity contribution < 1.29 is 19.1 Å². The summed E-state index contributed by atoms with van der Waals surface area (Å²) in [6.45, 7) is 11.8. The molecule has 2 rings (SSSR count). The molecule has 1 aliphatic rings. The van der Waals surface area contributed by atoms with Gasteiger partial charge in [0.15, 0.2) is 6.10 Å². The molecule has 1 N–H and O–H groups in total. The maximum absolute atomic E-state index is 12.5. The van der Waals surface area contributed by atoms with E-state index in [0.717, 1.165) is 16.9 Å². The zero-order chi connectivity index (χ0) is 19.3. The van der Waals surface area contributed by atoms with Crippen LogP contribution in [0.5, 0.6) is 5.75 Å². The molecule has 0 aliphatic carbocycles. The average molecular weight is 362 g/mol. The van der Waals surface area contributed by atoms with Crippen molar-refractivity contribution in [3.63, 3.8) is 0 Å². The standard InChI is InChI=1S/C20H30N2O4/c1-13(2)17-7-6-14(3)12-18(17)26-16(5)19(23)21-15(4)20(24)22-8-10-25-11-9-22/h6-7,12-13,15-16H,8-11H2,1-5H3,(H,21,23). The highest BCUT2D eigenvalue weighted by molar-refractivity contribution is 5.89. The summed E-state index contributed by atoms with van der Waals surface area (Å²) < 4.78 is 11.2. The van der Waals surface area contributed by atoms with E-state index < -0.39 is 12.1 Å². The van der Waals surface area contributed by atoms with Gasteiger partial charge in [-0.3, -0.25) is 9.59 Å². The van der Waals surface area contributed by atoms with Crippen molar-refractivity contribution in [2.24, 2.45) is 0 Å². The second-order valence-corrected chi connectivity index (χ2v) is 7.12. The summed E-state index contributed by atoms with van der Waals surface area (Å²) in [5, 5.41) is 2.76. The molecule has 2 unspecified atom stereocenters. The van der Waals surface area contributed by atoms with Gasteiger partial charge in [-0.1, -0.05) is 26.0 Å². The fourth-order valence-corrected chi connectivity index (χ4v) is 2.91. The number of carbonyl (C=O) groups is 2. The van der Waals surface area contributed by atoms with Gasteiger partial charge < -0.3 is 19.7 Å². The minimum Gasteiger partial charge on any atom is -0.481 e. The summed E-state index contributed by atoms with van der Waals surface area (Å²) in [4.78, 5) is 26.6. The molecule has 1 fully saturated rings. The van der Waals surface area contributed by atoms with Gasteiger partial charge in [0.1, 0.15) is 11.8 Å². The Kier molecular flexibility index (Phi) is 7.03. The van der Waals surface area contributed by atoms with Gasteiger partial charge in [-0.2, -0.15) is 0 Å². The summed E-state index contributed by atoms with van der Waals surface area (Å²) in [7, 11) is 0. The van der Waals surface area contributed by atoms with Gasteiger partial charge in [-0.25, -0.2) is 0 Å². The first-order chi connectivity index (χ1) is 12.3. The van der Waals surface area contributed by atoms with Crippen molar-refractivity contribution >= 4 is 11.8 Å². The molecule has 1 saturated heterocycles. The van der Waals surface area contributed by atoms with E-state index in [1.54, 1.807) is 18.7 Å². The molecule has 2 amide bonds. The summed E-state index contributed by atoms with van der Waals surface area (Å²) in [5.74, 6) is 0.625. The number of hydrogen-bond donors (Lipinski definition) is 1. The van der Waals surface area contributed by atoms with Crippen LogP contribution in [0.2, 0.25) is 0 Å². The minimum atomic E-state index is -0.686. The number of hydrogen-bond acceptors (Lipinski definition) is 4. The van der Waals surface area contributed by atoms with E-state index in [-0.39, 0.29) is 11.8 Å². The summed E-state index contributed by atoms with van der Waals surface area (Å²) in [6.07, 6.45) is -0.686. The Hall–Kier alpha value is -2.08. The van der Waals surface area contributed by atoms with Crippen molar-refractivity contribution in [1.82, 2.24) is 10.2 Å². The lowest BCUT2D eigenvalue weighted by Crippen LogP contribution is -2.52. The normalized spacial score (nSPS) is 16.9. The third kappa shape index (κ3) is 5.21. The van der Waals surface area contributed by atoms with Gasteiger partial charge in [0, 0.05) is 13.1 Å². The van der Waals surface area contributed by atoms with Crippen LogP contribution < -0.4 is 10.1 Å². The number of nitrogens with one attached hydrogen (secondary N) is 1. The second-order valence-electron chi connectivity index (χ2n) is 7.12. The number of morpholine rings is 1. The van der Waals surface area contributed by atoms with E-state index in [4.69, 9.17) is 9.47 Å².